The molecule has 3 N–H and O–H groups in total. The van der Waals surface area contributed by atoms with Crippen molar-refractivity contribution >= 4 is 28.7 Å². The largest absolute Gasteiger partial charge is 0.476 e. The van der Waals surface area contributed by atoms with Crippen LogP contribution in [0, 0.1) is 11.3 Å². The topological polar surface area (TPSA) is 125 Å². The van der Waals surface area contributed by atoms with E-state index in [0.29, 0.717) is 36.1 Å². The Morgan fingerprint density at radius 1 is 1.15 bits per heavy atom. The van der Waals surface area contributed by atoms with Crippen molar-refractivity contribution in [1.29, 1.82) is 0 Å². The van der Waals surface area contributed by atoms with Gasteiger partial charge < -0.3 is 20.4 Å². The number of rotatable bonds is 5. The van der Waals surface area contributed by atoms with Crippen LogP contribution in [0.5, 0.6) is 0 Å². The van der Waals surface area contributed by atoms with E-state index in [1.807, 2.05) is 0 Å². The molecule has 2 aliphatic carbocycles. The third-order valence-corrected chi connectivity index (χ3v) is 7.33. The van der Waals surface area contributed by atoms with E-state index in [1.54, 1.807) is 29.2 Å². The number of benzene rings is 1. The van der Waals surface area contributed by atoms with Crippen molar-refractivity contribution in [2.24, 2.45) is 11.3 Å². The molecule has 2 heterocycles. The van der Waals surface area contributed by atoms with Crippen LogP contribution < -0.4 is 5.32 Å². The second kappa shape index (κ2) is 7.83. The van der Waals surface area contributed by atoms with E-state index in [-0.39, 0.29) is 41.6 Å². The fraction of sp³-hybridized carbons (Fsp3) is 0.583. The molecular weight excluding hydrogens is 424 g/mol. The summed E-state index contributed by atoms with van der Waals surface area (Å²) in [6.07, 6.45) is 3.13. The van der Waals surface area contributed by atoms with Gasteiger partial charge in [0.05, 0.1) is 11.6 Å². The quantitative estimate of drug-likeness (QED) is 0.633. The molecule has 2 aromatic rings. The zero-order valence-electron chi connectivity index (χ0n) is 18.9. The molecule has 1 aliphatic heterocycles. The molecule has 9 nitrogen and oxygen atoms in total. The predicted octanol–water partition coefficient (Wildman–Crippen LogP) is 1.78. The molecule has 1 aromatic carbocycles. The Kier molecular flexibility index (Phi) is 5.19. The highest BCUT2D eigenvalue weighted by Crippen LogP contribution is 2.48. The lowest BCUT2D eigenvalue weighted by Crippen LogP contribution is -2.53. The number of para-hydroxylation sites is 1. The second-order valence-corrected chi connectivity index (χ2v) is 10.6. The van der Waals surface area contributed by atoms with Crippen LogP contribution in [0.4, 0.5) is 0 Å². The number of amides is 2. The first kappa shape index (κ1) is 21.9. The molecule has 176 valence electrons. The molecule has 33 heavy (non-hydrogen) atoms. The summed E-state index contributed by atoms with van der Waals surface area (Å²) in [6.45, 7) is 4.07. The minimum absolute atomic E-state index is 0.0497. The average Bonchev–Trinajstić information content (AvgIpc) is 3.22. The van der Waals surface area contributed by atoms with Crippen LogP contribution >= 0.6 is 0 Å². The highest BCUT2D eigenvalue weighted by Gasteiger charge is 2.56. The number of carbonyl (C=O) groups is 3. The van der Waals surface area contributed by atoms with Crippen LogP contribution in [0.15, 0.2) is 24.3 Å². The molecule has 9 heteroatoms. The second-order valence-electron chi connectivity index (χ2n) is 10.6. The summed E-state index contributed by atoms with van der Waals surface area (Å²) in [5.74, 6) is -1.20. The fourth-order valence-corrected chi connectivity index (χ4v) is 5.96. The number of nitrogens with zero attached hydrogens (tertiary/aromatic N) is 3. The Hall–Kier alpha value is -2.94. The van der Waals surface area contributed by atoms with Crippen LogP contribution in [0.2, 0.25) is 0 Å². The Morgan fingerprint density at radius 3 is 2.64 bits per heavy atom. The van der Waals surface area contributed by atoms with Gasteiger partial charge in [-0.3, -0.25) is 14.3 Å². The SMILES string of the molecule is CC1(C)C[C@H](O)C[C@@H](NC(=O)[C@@H]2C[C@H]3C[C@H]3N2C(=O)Cn2nc(C(=O)O)c3ccccc32)C1. The Balaban J connectivity index is 1.33. The van der Waals surface area contributed by atoms with E-state index in [1.165, 1.54) is 4.68 Å². The number of likely N-dealkylation sites (tertiary alicyclic amines) is 1. The van der Waals surface area contributed by atoms with Crippen molar-refractivity contribution in [2.45, 2.75) is 76.7 Å². The van der Waals surface area contributed by atoms with Gasteiger partial charge in [-0.2, -0.15) is 5.10 Å². The van der Waals surface area contributed by atoms with E-state index >= 15 is 0 Å². The molecule has 0 radical (unpaired) electrons. The zero-order valence-corrected chi connectivity index (χ0v) is 18.9. The van der Waals surface area contributed by atoms with Gasteiger partial charge in [0.1, 0.15) is 12.6 Å². The first-order valence-electron chi connectivity index (χ1n) is 11.6. The van der Waals surface area contributed by atoms with Gasteiger partial charge in [0.15, 0.2) is 5.69 Å². The van der Waals surface area contributed by atoms with Crippen LogP contribution in [0.3, 0.4) is 0 Å². The minimum atomic E-state index is -1.14. The molecule has 2 amide bonds. The van der Waals surface area contributed by atoms with E-state index in [0.717, 1.165) is 12.8 Å². The van der Waals surface area contributed by atoms with Crippen molar-refractivity contribution in [3.05, 3.63) is 30.0 Å². The number of aromatic carboxylic acids is 1. The standard InChI is InChI=1S/C24H30N4O5/c1-24(2)10-14(9-15(29)11-24)25-22(31)19-8-13-7-18(13)28(19)20(30)12-27-17-6-4-3-5-16(17)21(26-27)23(32)33/h3-6,13-15,18-19,29H,7-12H2,1-2H3,(H,25,31)(H,32,33)/t13-,14-,15-,18-,19+/m1/s1. The smallest absolute Gasteiger partial charge is 0.357 e. The molecule has 0 bridgehead atoms. The van der Waals surface area contributed by atoms with E-state index < -0.39 is 18.1 Å². The molecule has 3 aliphatic rings. The lowest BCUT2D eigenvalue weighted by atomic mass is 9.73. The molecule has 0 spiro atoms. The summed E-state index contributed by atoms with van der Waals surface area (Å²) < 4.78 is 1.42. The van der Waals surface area contributed by atoms with Crippen molar-refractivity contribution in [2.75, 3.05) is 0 Å². The molecule has 3 fully saturated rings. The Labute approximate surface area is 191 Å². The zero-order chi connectivity index (χ0) is 23.5. The molecule has 1 saturated heterocycles. The summed E-state index contributed by atoms with van der Waals surface area (Å²) in [6, 6.07) is 6.34. The summed E-state index contributed by atoms with van der Waals surface area (Å²) in [5, 5.41) is 27.4. The van der Waals surface area contributed by atoms with Crippen molar-refractivity contribution in [3.63, 3.8) is 0 Å². The van der Waals surface area contributed by atoms with Gasteiger partial charge in [-0.1, -0.05) is 32.0 Å². The third-order valence-electron chi connectivity index (χ3n) is 7.33. The van der Waals surface area contributed by atoms with Crippen LogP contribution in [0.25, 0.3) is 10.9 Å². The number of aromatic nitrogens is 2. The normalized spacial score (nSPS) is 30.2. The monoisotopic (exact) mass is 454 g/mol. The number of fused-ring (bicyclic) bond motifs is 2. The highest BCUT2D eigenvalue weighted by atomic mass is 16.4. The number of carbonyl (C=O) groups excluding carboxylic acids is 2. The van der Waals surface area contributed by atoms with E-state index in [9.17, 15) is 24.6 Å². The van der Waals surface area contributed by atoms with Crippen molar-refractivity contribution in [3.8, 4) is 0 Å². The first-order chi connectivity index (χ1) is 15.6. The summed E-state index contributed by atoms with van der Waals surface area (Å²) >= 11 is 0. The number of aliphatic hydroxyl groups excluding tert-OH is 1. The fourth-order valence-electron chi connectivity index (χ4n) is 5.96. The van der Waals surface area contributed by atoms with Gasteiger partial charge in [-0.05, 0) is 49.5 Å². The number of carboxylic acid groups (broad SMARTS) is 1. The van der Waals surface area contributed by atoms with Crippen molar-refractivity contribution < 1.29 is 24.6 Å². The van der Waals surface area contributed by atoms with Gasteiger partial charge in [-0.25, -0.2) is 4.79 Å². The van der Waals surface area contributed by atoms with Gasteiger partial charge in [0, 0.05) is 17.5 Å². The maximum atomic E-state index is 13.3. The molecule has 5 rings (SSSR count). The number of piperidine rings is 1. The summed E-state index contributed by atoms with van der Waals surface area (Å²) in [7, 11) is 0. The number of hydrogen-bond donors (Lipinski definition) is 3. The minimum Gasteiger partial charge on any atom is -0.476 e. The summed E-state index contributed by atoms with van der Waals surface area (Å²) in [5.41, 5.74) is 0.442. The van der Waals surface area contributed by atoms with Crippen LogP contribution in [0.1, 0.15) is 56.4 Å². The van der Waals surface area contributed by atoms with Crippen LogP contribution in [-0.4, -0.2) is 66.9 Å². The first-order valence-corrected chi connectivity index (χ1v) is 11.6. The number of aliphatic hydroxyl groups is 1. The van der Waals surface area contributed by atoms with Gasteiger partial charge in [0.25, 0.3) is 0 Å². The molecule has 2 saturated carbocycles. The molecule has 1 aromatic heterocycles. The van der Waals surface area contributed by atoms with Gasteiger partial charge in [0.2, 0.25) is 11.8 Å². The number of nitrogens with one attached hydrogen (secondary N) is 1. The van der Waals surface area contributed by atoms with Crippen molar-refractivity contribution in [1.82, 2.24) is 20.0 Å². The molecule has 0 unspecified atom stereocenters. The molecular formula is C24H30N4O5. The van der Waals surface area contributed by atoms with Gasteiger partial charge >= 0.3 is 5.97 Å². The lowest BCUT2D eigenvalue weighted by Gasteiger charge is -2.39. The average molecular weight is 455 g/mol. The maximum Gasteiger partial charge on any atom is 0.357 e. The predicted molar refractivity (Wildman–Crippen MR) is 119 cm³/mol. The number of hydrogen-bond acceptors (Lipinski definition) is 5. The highest BCUT2D eigenvalue weighted by molar-refractivity contribution is 6.01. The third kappa shape index (κ3) is 4.10. The van der Waals surface area contributed by atoms with E-state index in [4.69, 9.17) is 0 Å². The Morgan fingerprint density at radius 2 is 1.91 bits per heavy atom. The Bertz CT molecular complexity index is 1130. The lowest BCUT2D eigenvalue weighted by molar-refractivity contribution is -0.141. The summed E-state index contributed by atoms with van der Waals surface area (Å²) in [4.78, 5) is 39.8. The maximum absolute atomic E-state index is 13.3. The van der Waals surface area contributed by atoms with Crippen LogP contribution in [-0.2, 0) is 16.1 Å². The van der Waals surface area contributed by atoms with Gasteiger partial charge in [-0.15, -0.1) is 0 Å². The molecule has 5 atom stereocenters. The number of carboxylic acids is 1. The van der Waals surface area contributed by atoms with E-state index in [2.05, 4.69) is 24.3 Å².